The summed E-state index contributed by atoms with van der Waals surface area (Å²) in [7, 11) is 0. The number of carbonyl (C=O) groups is 1. The van der Waals surface area contributed by atoms with E-state index in [-0.39, 0.29) is 17.6 Å². The first-order chi connectivity index (χ1) is 10.1. The number of aromatic carboxylic acids is 1. The number of hydrogen-bond donors (Lipinski definition) is 2. The highest BCUT2D eigenvalue weighted by Gasteiger charge is 2.14. The van der Waals surface area contributed by atoms with E-state index in [2.05, 4.69) is 4.98 Å². The zero-order valence-electron chi connectivity index (χ0n) is 11.3. The van der Waals surface area contributed by atoms with Crippen molar-refractivity contribution in [2.45, 2.75) is 13.3 Å². The van der Waals surface area contributed by atoms with Gasteiger partial charge in [0.05, 0.1) is 0 Å². The zero-order chi connectivity index (χ0) is 15.0. The molecule has 0 unspecified atom stereocenters. The van der Waals surface area contributed by atoms with Crippen molar-refractivity contribution in [1.82, 2.24) is 4.98 Å². The normalized spacial score (nSPS) is 10.9. The first-order valence-electron chi connectivity index (χ1n) is 6.49. The number of para-hydroxylation sites is 1. The summed E-state index contributed by atoms with van der Waals surface area (Å²) in [6.45, 7) is 1.82. The van der Waals surface area contributed by atoms with Crippen molar-refractivity contribution in [2.75, 3.05) is 0 Å². The Morgan fingerprint density at radius 3 is 2.71 bits per heavy atom. The van der Waals surface area contributed by atoms with Crippen LogP contribution in [-0.2, 0) is 6.42 Å². The van der Waals surface area contributed by atoms with Gasteiger partial charge in [0.25, 0.3) is 0 Å². The number of carboxylic acid groups (broad SMARTS) is 1. The molecular weight excluding hydrogens is 270 g/mol. The summed E-state index contributed by atoms with van der Waals surface area (Å²) in [5.74, 6) is -0.790. The molecule has 3 aromatic rings. The molecule has 0 saturated carbocycles. The highest BCUT2D eigenvalue weighted by atomic mass is 16.4. The SMILES string of the molecule is Cc1[nH]c2ccccc2c(=O)c1Cc1ccc(C(=O)O)o1. The lowest BCUT2D eigenvalue weighted by Gasteiger charge is -2.06. The second-order valence-electron chi connectivity index (χ2n) is 4.85. The van der Waals surface area contributed by atoms with Gasteiger partial charge in [-0.15, -0.1) is 0 Å². The van der Waals surface area contributed by atoms with E-state index in [9.17, 15) is 9.59 Å². The van der Waals surface area contributed by atoms with E-state index >= 15 is 0 Å². The molecule has 2 heterocycles. The lowest BCUT2D eigenvalue weighted by molar-refractivity contribution is 0.0660. The van der Waals surface area contributed by atoms with Crippen LogP contribution in [0.2, 0.25) is 0 Å². The number of hydrogen-bond acceptors (Lipinski definition) is 3. The number of aromatic nitrogens is 1. The molecule has 21 heavy (non-hydrogen) atoms. The Hall–Kier alpha value is -2.82. The molecule has 0 radical (unpaired) electrons. The van der Waals surface area contributed by atoms with Crippen LogP contribution in [0, 0.1) is 6.92 Å². The average molecular weight is 283 g/mol. The summed E-state index contributed by atoms with van der Waals surface area (Å²) in [6, 6.07) is 10.3. The van der Waals surface area contributed by atoms with Crippen LogP contribution in [-0.4, -0.2) is 16.1 Å². The molecule has 106 valence electrons. The van der Waals surface area contributed by atoms with Crippen LogP contribution in [0.15, 0.2) is 45.6 Å². The van der Waals surface area contributed by atoms with Gasteiger partial charge >= 0.3 is 5.97 Å². The van der Waals surface area contributed by atoms with Crippen LogP contribution in [0.3, 0.4) is 0 Å². The van der Waals surface area contributed by atoms with Gasteiger partial charge < -0.3 is 14.5 Å². The van der Waals surface area contributed by atoms with Crippen molar-refractivity contribution >= 4 is 16.9 Å². The zero-order valence-corrected chi connectivity index (χ0v) is 11.3. The van der Waals surface area contributed by atoms with Gasteiger partial charge in [0.15, 0.2) is 5.43 Å². The number of nitrogens with one attached hydrogen (secondary N) is 1. The molecule has 1 aromatic carbocycles. The summed E-state index contributed by atoms with van der Waals surface area (Å²) in [4.78, 5) is 26.5. The molecule has 5 heteroatoms. The Bertz CT molecular complexity index is 889. The Kier molecular flexibility index (Phi) is 3.10. The number of benzene rings is 1. The molecule has 0 fully saturated rings. The molecule has 0 spiro atoms. The van der Waals surface area contributed by atoms with Crippen LogP contribution in [0.4, 0.5) is 0 Å². The molecule has 2 N–H and O–H groups in total. The van der Waals surface area contributed by atoms with Crippen molar-refractivity contribution in [1.29, 1.82) is 0 Å². The van der Waals surface area contributed by atoms with E-state index in [1.54, 1.807) is 12.1 Å². The minimum Gasteiger partial charge on any atom is -0.475 e. The van der Waals surface area contributed by atoms with E-state index in [1.807, 2.05) is 25.1 Å². The fraction of sp³-hybridized carbons (Fsp3) is 0.125. The Labute approximate surface area is 119 Å². The van der Waals surface area contributed by atoms with Crippen molar-refractivity contribution in [3.63, 3.8) is 0 Å². The third-order valence-electron chi connectivity index (χ3n) is 3.44. The van der Waals surface area contributed by atoms with Gasteiger partial charge in [-0.05, 0) is 31.2 Å². The number of H-pyrrole nitrogens is 1. The smallest absolute Gasteiger partial charge is 0.371 e. The maximum atomic E-state index is 12.5. The second-order valence-corrected chi connectivity index (χ2v) is 4.85. The van der Waals surface area contributed by atoms with E-state index in [0.29, 0.717) is 16.7 Å². The summed E-state index contributed by atoms with van der Waals surface area (Å²) < 4.78 is 5.22. The number of carboxylic acids is 1. The molecule has 0 bridgehead atoms. The standard InChI is InChI=1S/C16H13NO4/c1-9-12(8-10-6-7-14(21-10)16(19)20)15(18)11-4-2-3-5-13(11)17-9/h2-7H,8H2,1H3,(H,17,18)(H,19,20). The van der Waals surface area contributed by atoms with Crippen LogP contribution in [0.1, 0.15) is 27.6 Å². The topological polar surface area (TPSA) is 83.3 Å². The minimum atomic E-state index is -1.12. The predicted molar refractivity (Wildman–Crippen MR) is 77.8 cm³/mol. The number of furan rings is 1. The maximum absolute atomic E-state index is 12.5. The van der Waals surface area contributed by atoms with Crippen LogP contribution in [0.5, 0.6) is 0 Å². The van der Waals surface area contributed by atoms with Crippen molar-refractivity contribution in [3.8, 4) is 0 Å². The number of aryl methyl sites for hydroxylation is 1. The van der Waals surface area contributed by atoms with Gasteiger partial charge in [-0.1, -0.05) is 12.1 Å². The summed E-state index contributed by atoms with van der Waals surface area (Å²) in [5, 5.41) is 9.47. The molecule has 0 aliphatic rings. The van der Waals surface area contributed by atoms with Crippen molar-refractivity contribution in [2.24, 2.45) is 0 Å². The highest BCUT2D eigenvalue weighted by Crippen LogP contribution is 2.16. The quantitative estimate of drug-likeness (QED) is 0.774. The van der Waals surface area contributed by atoms with Crippen LogP contribution >= 0.6 is 0 Å². The Morgan fingerprint density at radius 1 is 1.24 bits per heavy atom. The monoisotopic (exact) mass is 283 g/mol. The van der Waals surface area contributed by atoms with Crippen molar-refractivity contribution in [3.05, 3.63) is 69.4 Å². The Balaban J connectivity index is 2.07. The van der Waals surface area contributed by atoms with E-state index in [4.69, 9.17) is 9.52 Å². The number of pyridine rings is 1. The summed E-state index contributed by atoms with van der Waals surface area (Å²) in [5.41, 5.74) is 2.07. The van der Waals surface area contributed by atoms with Crippen molar-refractivity contribution < 1.29 is 14.3 Å². The number of aromatic amines is 1. The number of fused-ring (bicyclic) bond motifs is 1. The number of rotatable bonds is 3. The van der Waals surface area contributed by atoms with E-state index in [1.165, 1.54) is 6.07 Å². The van der Waals surface area contributed by atoms with Crippen LogP contribution in [0.25, 0.3) is 10.9 Å². The van der Waals surface area contributed by atoms with E-state index < -0.39 is 5.97 Å². The van der Waals surface area contributed by atoms with E-state index in [0.717, 1.165) is 11.2 Å². The Morgan fingerprint density at radius 2 is 2.00 bits per heavy atom. The minimum absolute atomic E-state index is 0.0601. The van der Waals surface area contributed by atoms with Crippen LogP contribution < -0.4 is 5.43 Å². The molecule has 0 saturated heterocycles. The molecule has 0 aliphatic heterocycles. The third-order valence-corrected chi connectivity index (χ3v) is 3.44. The molecule has 0 atom stereocenters. The fourth-order valence-electron chi connectivity index (χ4n) is 2.38. The molecular formula is C16H13NO4. The summed E-state index contributed by atoms with van der Waals surface area (Å²) in [6.07, 6.45) is 0.263. The maximum Gasteiger partial charge on any atom is 0.371 e. The van der Waals surface area contributed by atoms with Gasteiger partial charge in [0, 0.05) is 28.6 Å². The van der Waals surface area contributed by atoms with Gasteiger partial charge in [-0.25, -0.2) is 4.79 Å². The fourth-order valence-corrected chi connectivity index (χ4v) is 2.38. The lowest BCUT2D eigenvalue weighted by Crippen LogP contribution is -2.13. The molecule has 2 aromatic heterocycles. The average Bonchev–Trinajstić information content (AvgIpc) is 2.92. The first kappa shape index (κ1) is 13.2. The third kappa shape index (κ3) is 2.33. The highest BCUT2D eigenvalue weighted by molar-refractivity contribution is 5.84. The molecule has 0 aliphatic carbocycles. The lowest BCUT2D eigenvalue weighted by atomic mass is 10.0. The van der Waals surface area contributed by atoms with Gasteiger partial charge in [0.2, 0.25) is 5.76 Å². The van der Waals surface area contributed by atoms with Gasteiger partial charge in [0.1, 0.15) is 5.76 Å². The van der Waals surface area contributed by atoms with Gasteiger partial charge in [-0.3, -0.25) is 4.79 Å². The molecule has 5 nitrogen and oxygen atoms in total. The predicted octanol–water partition coefficient (Wildman–Crippen LogP) is 2.72. The largest absolute Gasteiger partial charge is 0.475 e. The van der Waals surface area contributed by atoms with Gasteiger partial charge in [-0.2, -0.15) is 0 Å². The summed E-state index contributed by atoms with van der Waals surface area (Å²) >= 11 is 0. The second kappa shape index (κ2) is 4.94. The molecule has 0 amide bonds. The first-order valence-corrected chi connectivity index (χ1v) is 6.49. The molecule has 3 rings (SSSR count).